The Morgan fingerprint density at radius 1 is 0.857 bits per heavy atom. The van der Waals surface area contributed by atoms with Crippen molar-refractivity contribution < 1.29 is 12.4 Å². The van der Waals surface area contributed by atoms with Crippen LogP contribution < -0.4 is 12.4 Å². The van der Waals surface area contributed by atoms with Crippen LogP contribution in [0.5, 0.6) is 0 Å². The molecule has 0 saturated carbocycles. The zero-order valence-electron chi connectivity index (χ0n) is 16.3. The molecule has 0 amide bonds. The van der Waals surface area contributed by atoms with Crippen molar-refractivity contribution in [1.82, 2.24) is 4.98 Å². The lowest BCUT2D eigenvalue weighted by atomic mass is 9.91. The minimum Gasteiger partial charge on any atom is -1.00 e. The molecule has 5 rings (SSSR count). The van der Waals surface area contributed by atoms with Gasteiger partial charge in [-0.3, -0.25) is 0 Å². The van der Waals surface area contributed by atoms with Gasteiger partial charge in [0.25, 0.3) is 0 Å². The molecule has 0 fully saturated rings. The van der Waals surface area contributed by atoms with Gasteiger partial charge in [0.2, 0.25) is 0 Å². The van der Waals surface area contributed by atoms with Crippen molar-refractivity contribution in [3.63, 3.8) is 0 Å². The Morgan fingerprint density at radius 3 is 2.50 bits per heavy atom. The number of halogens is 1. The number of rotatable bonds is 2. The van der Waals surface area contributed by atoms with E-state index in [1.807, 2.05) is 11.3 Å². The van der Waals surface area contributed by atoms with Crippen LogP contribution >= 0.6 is 11.3 Å². The van der Waals surface area contributed by atoms with Gasteiger partial charge in [-0.2, -0.15) is 0 Å². The van der Waals surface area contributed by atoms with Crippen LogP contribution in [0.3, 0.4) is 0 Å². The molecule has 1 aliphatic carbocycles. The summed E-state index contributed by atoms with van der Waals surface area (Å²) in [5, 5.41) is 1.40. The Kier molecular flexibility index (Phi) is 5.27. The van der Waals surface area contributed by atoms with E-state index in [1.54, 1.807) is 10.4 Å². The maximum absolute atomic E-state index is 5.14. The molecular weight excluding hydrogens is 382 g/mol. The van der Waals surface area contributed by atoms with E-state index in [1.165, 1.54) is 63.7 Å². The molecule has 1 aliphatic rings. The van der Waals surface area contributed by atoms with Crippen molar-refractivity contribution in [2.75, 3.05) is 0 Å². The largest absolute Gasteiger partial charge is 1.00 e. The Balaban J connectivity index is 0.00000192. The molecule has 0 unspecified atom stereocenters. The molecule has 0 aliphatic heterocycles. The average Bonchev–Trinajstić information content (AvgIpc) is 3.06. The normalized spacial score (nSPS) is 13.2. The summed E-state index contributed by atoms with van der Waals surface area (Å²) in [6.07, 6.45) is 5.01. The van der Waals surface area contributed by atoms with E-state index in [2.05, 4.69) is 68.4 Å². The predicted molar refractivity (Wildman–Crippen MR) is 117 cm³/mol. The van der Waals surface area contributed by atoms with E-state index < -0.39 is 0 Å². The monoisotopic (exact) mass is 404 g/mol. The summed E-state index contributed by atoms with van der Waals surface area (Å²) < 4.78 is 0. The van der Waals surface area contributed by atoms with Crippen LogP contribution in [0.25, 0.3) is 32.6 Å². The molecule has 2 heterocycles. The highest BCUT2D eigenvalue weighted by atomic mass is 35.5. The molecule has 142 valence electrons. The average molecular weight is 405 g/mol. The Hall–Kier alpha value is -2.16. The van der Waals surface area contributed by atoms with Gasteiger partial charge in [-0.1, -0.05) is 54.1 Å². The van der Waals surface area contributed by atoms with Crippen LogP contribution in [0, 0.1) is 13.8 Å². The van der Waals surface area contributed by atoms with Crippen molar-refractivity contribution >= 4 is 21.6 Å². The van der Waals surface area contributed by atoms with E-state index in [0.29, 0.717) is 0 Å². The van der Waals surface area contributed by atoms with Crippen LogP contribution in [0.4, 0.5) is 0 Å². The van der Waals surface area contributed by atoms with Gasteiger partial charge in [0, 0.05) is 15.8 Å². The summed E-state index contributed by atoms with van der Waals surface area (Å²) >= 11 is 1.92. The third-order valence-corrected chi connectivity index (χ3v) is 6.86. The fourth-order valence-electron chi connectivity index (χ4n) is 4.30. The first kappa shape index (κ1) is 19.2. The number of hydrogen-bond donors (Lipinski definition) is 0. The van der Waals surface area contributed by atoms with Crippen LogP contribution in [0.1, 0.15) is 34.4 Å². The van der Waals surface area contributed by atoms with Crippen LogP contribution in [0.15, 0.2) is 54.6 Å². The maximum Gasteiger partial charge on any atom is 0.125 e. The van der Waals surface area contributed by atoms with Crippen molar-refractivity contribution in [2.24, 2.45) is 0 Å². The number of pyridine rings is 1. The van der Waals surface area contributed by atoms with E-state index in [-0.39, 0.29) is 12.4 Å². The number of aryl methyl sites for hydroxylation is 4. The molecule has 3 heteroatoms. The highest BCUT2D eigenvalue weighted by molar-refractivity contribution is 7.19. The van der Waals surface area contributed by atoms with Gasteiger partial charge in [0.05, 0.1) is 5.69 Å². The standard InChI is InChI=1S/C25H23NS.ClH/c1-16-8-7-10-18(14-16)21-15-22(19-11-4-3-9-17(19)2)26-25-24(21)20-12-5-6-13-23(20)27-25;/h3-4,7-11,14-15H,5-6,12-13H2,1-2H3;1H/p-1. The molecule has 0 bridgehead atoms. The van der Waals surface area contributed by atoms with E-state index in [9.17, 15) is 0 Å². The number of hydrogen-bond acceptors (Lipinski definition) is 2. The third-order valence-electron chi connectivity index (χ3n) is 5.68. The summed E-state index contributed by atoms with van der Waals surface area (Å²) in [4.78, 5) is 7.90. The first-order valence-corrected chi connectivity index (χ1v) is 10.6. The Labute approximate surface area is 176 Å². The predicted octanol–water partition coefficient (Wildman–Crippen LogP) is 4.13. The molecule has 0 atom stereocenters. The number of thiophene rings is 1. The number of aromatic nitrogens is 1. The third kappa shape index (κ3) is 3.25. The second-order valence-electron chi connectivity index (χ2n) is 7.63. The lowest BCUT2D eigenvalue weighted by molar-refractivity contribution is -0.00000537. The second kappa shape index (κ2) is 7.69. The minimum atomic E-state index is 0. The van der Waals surface area contributed by atoms with Gasteiger partial charge in [0.1, 0.15) is 4.83 Å². The summed E-state index contributed by atoms with van der Waals surface area (Å²) in [5.41, 5.74) is 9.13. The van der Waals surface area contributed by atoms with E-state index in [4.69, 9.17) is 4.98 Å². The van der Waals surface area contributed by atoms with E-state index >= 15 is 0 Å². The van der Waals surface area contributed by atoms with E-state index in [0.717, 1.165) is 5.69 Å². The Bertz CT molecular complexity index is 1160. The summed E-state index contributed by atoms with van der Waals surface area (Å²) in [6, 6.07) is 19.8. The molecular formula is C25H23ClNS-. The summed E-state index contributed by atoms with van der Waals surface area (Å²) in [5.74, 6) is 0. The van der Waals surface area contributed by atoms with Gasteiger partial charge in [0.15, 0.2) is 0 Å². The number of fused-ring (bicyclic) bond motifs is 3. The van der Waals surface area contributed by atoms with Gasteiger partial charge >= 0.3 is 0 Å². The lowest BCUT2D eigenvalue weighted by Crippen LogP contribution is -3.00. The van der Waals surface area contributed by atoms with Gasteiger partial charge < -0.3 is 12.4 Å². The molecule has 28 heavy (non-hydrogen) atoms. The Morgan fingerprint density at radius 2 is 1.68 bits per heavy atom. The van der Waals surface area contributed by atoms with Crippen molar-refractivity contribution in [3.8, 4) is 22.4 Å². The van der Waals surface area contributed by atoms with Crippen LogP contribution in [-0.4, -0.2) is 4.98 Å². The minimum absolute atomic E-state index is 0. The molecule has 0 saturated heterocycles. The second-order valence-corrected chi connectivity index (χ2v) is 8.71. The highest BCUT2D eigenvalue weighted by Crippen LogP contribution is 2.42. The SMILES string of the molecule is Cc1cccc(-c2cc(-c3ccccc3C)nc3sc4c(c23)CCCC4)c1.[Cl-]. The van der Waals surface area contributed by atoms with Crippen LogP contribution in [0.2, 0.25) is 0 Å². The van der Waals surface area contributed by atoms with Gasteiger partial charge in [-0.25, -0.2) is 4.98 Å². The zero-order valence-corrected chi connectivity index (χ0v) is 17.8. The lowest BCUT2D eigenvalue weighted by Gasteiger charge is -2.14. The molecule has 2 aromatic carbocycles. The number of nitrogens with zero attached hydrogens (tertiary/aromatic N) is 1. The van der Waals surface area contributed by atoms with Crippen molar-refractivity contribution in [2.45, 2.75) is 39.5 Å². The fraction of sp³-hybridized carbons (Fsp3) is 0.240. The molecule has 1 nitrogen and oxygen atoms in total. The fourth-order valence-corrected chi connectivity index (χ4v) is 5.58. The van der Waals surface area contributed by atoms with Gasteiger partial charge in [-0.15, -0.1) is 11.3 Å². The highest BCUT2D eigenvalue weighted by Gasteiger charge is 2.21. The zero-order chi connectivity index (χ0) is 18.4. The molecule has 4 aromatic rings. The molecule has 2 aromatic heterocycles. The first-order valence-electron chi connectivity index (χ1n) is 9.79. The van der Waals surface area contributed by atoms with Gasteiger partial charge in [-0.05, 0) is 67.9 Å². The number of benzene rings is 2. The quantitative estimate of drug-likeness (QED) is 0.489. The van der Waals surface area contributed by atoms with Crippen LogP contribution in [-0.2, 0) is 12.8 Å². The summed E-state index contributed by atoms with van der Waals surface area (Å²) in [6.45, 7) is 4.35. The van der Waals surface area contributed by atoms with Crippen molar-refractivity contribution in [3.05, 3.63) is 76.2 Å². The molecule has 0 radical (unpaired) electrons. The molecule has 0 spiro atoms. The smallest absolute Gasteiger partial charge is 0.125 e. The molecule has 0 N–H and O–H groups in total. The maximum atomic E-state index is 5.14. The van der Waals surface area contributed by atoms with Crippen molar-refractivity contribution in [1.29, 1.82) is 0 Å². The first-order chi connectivity index (χ1) is 13.2. The topological polar surface area (TPSA) is 12.9 Å². The summed E-state index contributed by atoms with van der Waals surface area (Å²) in [7, 11) is 0.